The van der Waals surface area contributed by atoms with E-state index < -0.39 is 0 Å². The first kappa shape index (κ1) is 17.4. The molecule has 5 heteroatoms. The van der Waals surface area contributed by atoms with Crippen LogP contribution in [0.2, 0.25) is 0 Å². The highest BCUT2D eigenvalue weighted by atomic mass is 32.1. The van der Waals surface area contributed by atoms with E-state index >= 15 is 0 Å². The molecule has 4 heterocycles. The smallest absolute Gasteiger partial charge is 0.263 e. The van der Waals surface area contributed by atoms with E-state index in [0.717, 1.165) is 40.2 Å². The molecule has 1 aromatic carbocycles. The molecule has 2 aromatic heterocycles. The summed E-state index contributed by atoms with van der Waals surface area (Å²) in [4.78, 5) is 28.9. The fraction of sp³-hybridized carbons (Fsp3) is 0.304. The van der Waals surface area contributed by atoms with Gasteiger partial charge >= 0.3 is 0 Å². The van der Waals surface area contributed by atoms with Gasteiger partial charge in [0.1, 0.15) is 0 Å². The molecule has 5 rings (SSSR count). The maximum atomic E-state index is 13.3. The van der Waals surface area contributed by atoms with Crippen LogP contribution in [0.5, 0.6) is 0 Å². The predicted molar refractivity (Wildman–Crippen MR) is 112 cm³/mol. The van der Waals surface area contributed by atoms with Gasteiger partial charge in [-0.25, -0.2) is 0 Å². The second-order valence-electron chi connectivity index (χ2n) is 7.89. The van der Waals surface area contributed by atoms with Gasteiger partial charge in [0.2, 0.25) is 0 Å². The van der Waals surface area contributed by atoms with Crippen LogP contribution in [0.4, 0.5) is 0 Å². The molecule has 2 aliphatic rings. The topological polar surface area (TPSA) is 42.3 Å². The van der Waals surface area contributed by atoms with Gasteiger partial charge in [-0.05, 0) is 54.0 Å². The number of benzene rings is 1. The van der Waals surface area contributed by atoms with Crippen LogP contribution < -0.4 is 5.56 Å². The zero-order chi connectivity index (χ0) is 19.3. The van der Waals surface area contributed by atoms with Gasteiger partial charge in [-0.3, -0.25) is 9.59 Å². The number of aromatic nitrogens is 1. The molecule has 0 saturated carbocycles. The van der Waals surface area contributed by atoms with Crippen molar-refractivity contribution in [3.05, 3.63) is 80.4 Å². The van der Waals surface area contributed by atoms with Crippen molar-refractivity contribution in [1.29, 1.82) is 0 Å². The number of piperidine rings is 1. The van der Waals surface area contributed by atoms with Gasteiger partial charge in [-0.2, -0.15) is 0 Å². The number of amides is 1. The summed E-state index contributed by atoms with van der Waals surface area (Å²) >= 11 is 1.50. The Bertz CT molecular complexity index is 1100. The zero-order valence-electron chi connectivity index (χ0n) is 15.8. The lowest BCUT2D eigenvalue weighted by molar-refractivity contribution is 0.0599. The highest BCUT2D eigenvalue weighted by Gasteiger charge is 2.37. The van der Waals surface area contributed by atoms with E-state index in [2.05, 4.69) is 6.07 Å². The lowest BCUT2D eigenvalue weighted by Gasteiger charge is -2.42. The van der Waals surface area contributed by atoms with Crippen LogP contribution in [0, 0.1) is 12.8 Å². The van der Waals surface area contributed by atoms with E-state index in [1.165, 1.54) is 11.3 Å². The number of nitrogens with zero attached hydrogens (tertiary/aromatic N) is 2. The summed E-state index contributed by atoms with van der Waals surface area (Å²) in [6.45, 7) is 4.16. The van der Waals surface area contributed by atoms with Gasteiger partial charge in [-0.1, -0.05) is 30.3 Å². The van der Waals surface area contributed by atoms with Crippen molar-refractivity contribution in [1.82, 2.24) is 9.47 Å². The molecule has 0 N–H and O–H groups in total. The number of rotatable bonds is 2. The van der Waals surface area contributed by atoms with Crippen molar-refractivity contribution in [2.45, 2.75) is 25.8 Å². The molecule has 1 saturated heterocycles. The van der Waals surface area contributed by atoms with Crippen LogP contribution in [0.3, 0.4) is 0 Å². The van der Waals surface area contributed by atoms with E-state index in [1.54, 1.807) is 0 Å². The first-order valence-corrected chi connectivity index (χ1v) is 10.6. The van der Waals surface area contributed by atoms with E-state index in [0.29, 0.717) is 19.0 Å². The van der Waals surface area contributed by atoms with Crippen LogP contribution >= 0.6 is 11.3 Å². The third kappa shape index (κ3) is 2.81. The number of carbonyl (C=O) groups excluding carboxylic acids is 1. The highest BCUT2D eigenvalue weighted by Crippen LogP contribution is 2.36. The van der Waals surface area contributed by atoms with Crippen LogP contribution in [0.1, 0.15) is 33.3 Å². The van der Waals surface area contributed by atoms with Gasteiger partial charge in [0.15, 0.2) is 0 Å². The molecule has 3 aromatic rings. The van der Waals surface area contributed by atoms with Crippen LogP contribution in [-0.4, -0.2) is 28.5 Å². The normalized spacial score (nSPS) is 20.7. The molecule has 1 amide bonds. The van der Waals surface area contributed by atoms with Gasteiger partial charge in [-0.15, -0.1) is 11.3 Å². The Morgan fingerprint density at radius 2 is 1.86 bits per heavy atom. The second-order valence-corrected chi connectivity index (χ2v) is 8.84. The van der Waals surface area contributed by atoms with E-state index in [-0.39, 0.29) is 17.4 Å². The quantitative estimate of drug-likeness (QED) is 0.660. The summed E-state index contributed by atoms with van der Waals surface area (Å²) in [5, 5.41) is 1.94. The first-order chi connectivity index (χ1) is 13.6. The number of aryl methyl sites for hydroxylation is 1. The minimum Gasteiger partial charge on any atom is -0.337 e. The summed E-state index contributed by atoms with van der Waals surface area (Å²) in [5.41, 5.74) is 4.06. The molecule has 2 atom stereocenters. The molecule has 1 fully saturated rings. The minimum atomic E-state index is 0.0968. The van der Waals surface area contributed by atoms with Gasteiger partial charge < -0.3 is 9.47 Å². The maximum absolute atomic E-state index is 13.3. The van der Waals surface area contributed by atoms with E-state index in [4.69, 9.17) is 0 Å². The maximum Gasteiger partial charge on any atom is 0.263 e. The van der Waals surface area contributed by atoms with Gasteiger partial charge in [0, 0.05) is 36.8 Å². The molecule has 0 aliphatic carbocycles. The number of hydrogen-bond acceptors (Lipinski definition) is 3. The molecule has 2 bridgehead atoms. The van der Waals surface area contributed by atoms with Crippen molar-refractivity contribution in [3.8, 4) is 11.1 Å². The number of fused-ring (bicyclic) bond motifs is 4. The van der Waals surface area contributed by atoms with Crippen molar-refractivity contribution in [3.63, 3.8) is 0 Å². The van der Waals surface area contributed by atoms with E-state index in [1.807, 2.05) is 64.2 Å². The first-order valence-electron chi connectivity index (χ1n) is 9.74. The molecular weight excluding hydrogens is 368 g/mol. The minimum absolute atomic E-state index is 0.0968. The molecule has 0 radical (unpaired) electrons. The summed E-state index contributed by atoms with van der Waals surface area (Å²) in [5.74, 6) is 0.687. The highest BCUT2D eigenvalue weighted by molar-refractivity contribution is 7.12. The van der Waals surface area contributed by atoms with Crippen molar-refractivity contribution < 1.29 is 4.79 Å². The van der Waals surface area contributed by atoms with Gasteiger partial charge in [0.25, 0.3) is 11.5 Å². The Morgan fingerprint density at radius 1 is 1.00 bits per heavy atom. The summed E-state index contributed by atoms with van der Waals surface area (Å²) in [6, 6.07) is 15.9. The van der Waals surface area contributed by atoms with Crippen molar-refractivity contribution in [2.75, 3.05) is 13.1 Å². The largest absolute Gasteiger partial charge is 0.337 e. The number of thiophene rings is 1. The molecule has 28 heavy (non-hydrogen) atoms. The van der Waals surface area contributed by atoms with E-state index in [9.17, 15) is 9.59 Å². The fourth-order valence-corrected chi connectivity index (χ4v) is 5.44. The Kier molecular flexibility index (Phi) is 4.20. The summed E-state index contributed by atoms with van der Waals surface area (Å²) in [6.07, 6.45) is 1.05. The number of pyridine rings is 1. The lowest BCUT2D eigenvalue weighted by Crippen LogP contribution is -2.49. The monoisotopic (exact) mass is 390 g/mol. The Labute approximate surface area is 168 Å². The van der Waals surface area contributed by atoms with Crippen LogP contribution in [0.25, 0.3) is 11.1 Å². The standard InChI is InChI=1S/C23H22N2O2S/c1-15-5-2-3-6-18(15)19-8-9-20-17-11-16(13-25(20)22(19)26)12-24(14-17)23(27)21-7-4-10-28-21/h2-10,16-17H,11-14H2,1H3/t16-,17+/m0/s1. The zero-order valence-corrected chi connectivity index (χ0v) is 16.6. The lowest BCUT2D eigenvalue weighted by atomic mass is 9.82. The molecule has 0 unspecified atom stereocenters. The molecule has 2 aliphatic heterocycles. The summed E-state index contributed by atoms with van der Waals surface area (Å²) in [7, 11) is 0. The summed E-state index contributed by atoms with van der Waals surface area (Å²) < 4.78 is 1.97. The SMILES string of the molecule is Cc1ccccc1-c1ccc2n(c1=O)C[C@H]1C[C@@H]2CN(C(=O)c2cccs2)C1. The van der Waals surface area contributed by atoms with Crippen molar-refractivity contribution >= 4 is 17.2 Å². The Balaban J connectivity index is 1.50. The second kappa shape index (κ2) is 6.74. The third-order valence-corrected chi connectivity index (χ3v) is 6.92. The average molecular weight is 391 g/mol. The van der Waals surface area contributed by atoms with Gasteiger partial charge in [0.05, 0.1) is 4.88 Å². The molecular formula is C23H22N2O2S. The number of carbonyl (C=O) groups is 1. The molecule has 142 valence electrons. The third-order valence-electron chi connectivity index (χ3n) is 6.06. The Hall–Kier alpha value is -2.66. The Morgan fingerprint density at radius 3 is 2.64 bits per heavy atom. The van der Waals surface area contributed by atoms with Crippen LogP contribution in [0.15, 0.2) is 58.7 Å². The predicted octanol–water partition coefficient (Wildman–Crippen LogP) is 4.14. The average Bonchev–Trinajstić information content (AvgIpc) is 3.24. The fourth-order valence-electron chi connectivity index (χ4n) is 4.75. The van der Waals surface area contributed by atoms with Crippen molar-refractivity contribution in [2.24, 2.45) is 5.92 Å². The molecule has 0 spiro atoms. The van der Waals surface area contributed by atoms with Crippen LogP contribution in [-0.2, 0) is 6.54 Å². The number of hydrogen-bond donors (Lipinski definition) is 0. The molecule has 4 nitrogen and oxygen atoms in total. The number of likely N-dealkylation sites (tertiary alicyclic amines) is 1.